The molecule has 1 aliphatic rings. The number of nitrogens with two attached hydrogens (primary N) is 1. The fraction of sp³-hybridized carbons (Fsp3) is 0.279. The van der Waals surface area contributed by atoms with Crippen LogP contribution in [0.1, 0.15) is 39.5 Å². The molecule has 0 amide bonds. The molecule has 9 heteroatoms. The number of carbonyl (C=O) groups excluding carboxylic acids is 1. The first-order valence-electron chi connectivity index (χ1n) is 17.3. The van der Waals surface area contributed by atoms with E-state index in [1.807, 2.05) is 133 Å². The molecule has 5 aromatic carbocycles. The molecule has 7 nitrogen and oxygen atoms in total. The maximum absolute atomic E-state index is 12.4. The number of benzene rings is 5. The van der Waals surface area contributed by atoms with E-state index in [-0.39, 0.29) is 37.8 Å². The summed E-state index contributed by atoms with van der Waals surface area (Å²) in [5, 5.41) is 0.488. The van der Waals surface area contributed by atoms with Crippen LogP contribution in [0, 0.1) is 0 Å². The molecule has 5 aromatic rings. The Morgan fingerprint density at radius 1 is 0.615 bits per heavy atom. The predicted molar refractivity (Wildman–Crippen MR) is 205 cm³/mol. The van der Waals surface area contributed by atoms with Gasteiger partial charge in [0.1, 0.15) is 30.5 Å². The molecule has 2 N–H and O–H groups in total. The minimum Gasteiger partial charge on any atom is -0.374 e. The van der Waals surface area contributed by atoms with E-state index in [1.165, 1.54) is 0 Å². The van der Waals surface area contributed by atoms with E-state index in [0.717, 1.165) is 27.8 Å². The summed E-state index contributed by atoms with van der Waals surface area (Å²) in [5.74, 6) is -0.110. The van der Waals surface area contributed by atoms with Gasteiger partial charge < -0.3 is 29.4 Å². The first kappa shape index (κ1) is 39.3. The first-order chi connectivity index (χ1) is 25.1. The summed E-state index contributed by atoms with van der Waals surface area (Å²) in [5.41, 5.74) is 11.3. The Labute approximate surface area is 317 Å². The third-order valence-electron chi connectivity index (χ3n) is 8.90. The Bertz CT molecular complexity index is 1780. The van der Waals surface area contributed by atoms with Crippen LogP contribution in [0.5, 0.6) is 0 Å². The SMILES string of the molecule is Cl.NCC(=O)Cc1cc([C@@H]2O[C@H](COCc3ccccc3)[C@@H](OCc3ccccc3)[C@H](OCc3ccccc3)[C@H]2OCc2ccccc2)ccc1Cl. The molecule has 272 valence electrons. The number of halogens is 2. The van der Waals surface area contributed by atoms with Crippen LogP contribution in [0.2, 0.25) is 5.02 Å². The van der Waals surface area contributed by atoms with Gasteiger partial charge >= 0.3 is 0 Å². The van der Waals surface area contributed by atoms with Crippen LogP contribution in [-0.2, 0) is 61.3 Å². The summed E-state index contributed by atoms with van der Waals surface area (Å²) < 4.78 is 33.8. The zero-order chi connectivity index (χ0) is 35.3. The fourth-order valence-corrected chi connectivity index (χ4v) is 6.43. The van der Waals surface area contributed by atoms with Crippen LogP contribution in [0.25, 0.3) is 0 Å². The van der Waals surface area contributed by atoms with Crippen LogP contribution in [0.15, 0.2) is 140 Å². The second-order valence-electron chi connectivity index (χ2n) is 12.6. The molecule has 52 heavy (non-hydrogen) atoms. The lowest BCUT2D eigenvalue weighted by molar-refractivity contribution is -0.275. The molecule has 0 spiro atoms. The maximum atomic E-state index is 12.4. The van der Waals surface area contributed by atoms with Gasteiger partial charge in [0.2, 0.25) is 0 Å². The summed E-state index contributed by atoms with van der Waals surface area (Å²) >= 11 is 6.61. The number of ether oxygens (including phenoxy) is 5. The highest BCUT2D eigenvalue weighted by atomic mass is 35.5. The van der Waals surface area contributed by atoms with Crippen molar-refractivity contribution in [1.82, 2.24) is 0 Å². The van der Waals surface area contributed by atoms with Crippen LogP contribution in [0.4, 0.5) is 0 Å². The van der Waals surface area contributed by atoms with E-state index in [0.29, 0.717) is 37.0 Å². The summed E-state index contributed by atoms with van der Waals surface area (Å²) in [4.78, 5) is 12.4. The Balaban J connectivity index is 0.00000523. The molecule has 1 heterocycles. The third kappa shape index (κ3) is 11.1. The zero-order valence-electron chi connectivity index (χ0n) is 28.9. The van der Waals surface area contributed by atoms with Gasteiger partial charge in [0, 0.05) is 11.4 Å². The average Bonchev–Trinajstić information content (AvgIpc) is 3.18. The summed E-state index contributed by atoms with van der Waals surface area (Å²) in [6, 6.07) is 45.8. The normalized spacial score (nSPS) is 19.8. The van der Waals surface area contributed by atoms with Crippen molar-refractivity contribution in [3.8, 4) is 0 Å². The Morgan fingerprint density at radius 2 is 1.08 bits per heavy atom. The first-order valence-corrected chi connectivity index (χ1v) is 17.7. The molecule has 0 saturated carbocycles. The second kappa shape index (κ2) is 20.4. The topological polar surface area (TPSA) is 89.2 Å². The molecule has 0 aliphatic carbocycles. The van der Waals surface area contributed by atoms with Gasteiger partial charge in [0.05, 0.1) is 39.6 Å². The van der Waals surface area contributed by atoms with E-state index in [4.69, 9.17) is 41.0 Å². The number of rotatable bonds is 17. The molecule has 0 unspecified atom stereocenters. The third-order valence-corrected chi connectivity index (χ3v) is 9.27. The van der Waals surface area contributed by atoms with Crippen molar-refractivity contribution in [1.29, 1.82) is 0 Å². The quantitative estimate of drug-likeness (QED) is 0.103. The molecule has 0 aromatic heterocycles. The highest BCUT2D eigenvalue weighted by Gasteiger charge is 2.49. The molecule has 1 fully saturated rings. The Kier molecular flexibility index (Phi) is 15.4. The molecule has 5 atom stereocenters. The van der Waals surface area contributed by atoms with Gasteiger partial charge in [-0.1, -0.05) is 145 Å². The second-order valence-corrected chi connectivity index (χ2v) is 13.1. The largest absolute Gasteiger partial charge is 0.374 e. The molecule has 0 bridgehead atoms. The average molecular weight is 743 g/mol. The maximum Gasteiger partial charge on any atom is 0.150 e. The number of Topliss-reactive ketones (excluding diaryl/α,β-unsaturated/α-hetero) is 1. The van der Waals surface area contributed by atoms with Gasteiger partial charge in [-0.3, -0.25) is 4.79 Å². The fourth-order valence-electron chi connectivity index (χ4n) is 6.25. The zero-order valence-corrected chi connectivity index (χ0v) is 30.5. The highest BCUT2D eigenvalue weighted by Crippen LogP contribution is 2.39. The van der Waals surface area contributed by atoms with Gasteiger partial charge in [0.15, 0.2) is 5.78 Å². The van der Waals surface area contributed by atoms with Gasteiger partial charge in [-0.05, 0) is 39.4 Å². The number of hydrogen-bond acceptors (Lipinski definition) is 7. The van der Waals surface area contributed by atoms with Gasteiger partial charge in [-0.15, -0.1) is 12.4 Å². The number of ketones is 1. The Morgan fingerprint density at radius 3 is 1.58 bits per heavy atom. The van der Waals surface area contributed by atoms with E-state index in [2.05, 4.69) is 0 Å². The van der Waals surface area contributed by atoms with Crippen molar-refractivity contribution in [2.75, 3.05) is 13.2 Å². The van der Waals surface area contributed by atoms with Crippen LogP contribution >= 0.6 is 24.0 Å². The number of carbonyl (C=O) groups is 1. The van der Waals surface area contributed by atoms with Crippen molar-refractivity contribution >= 4 is 29.8 Å². The van der Waals surface area contributed by atoms with Crippen molar-refractivity contribution in [2.45, 2.75) is 63.4 Å². The standard InChI is InChI=1S/C43H44ClNO6.ClH/c44-38-22-21-35(23-36(38)24-37(46)25-45)40-42(49-28-33-17-9-3-10-18-33)43(50-29-34-19-11-4-12-20-34)41(48-27-32-15-7-2-8-16-32)39(51-40)30-47-26-31-13-5-1-6-14-31;/h1-23,39-43H,24-30,45H2;1H/t39-,40+,41-,42+,43+;/m1./s1. The lowest BCUT2D eigenvalue weighted by Crippen LogP contribution is -2.58. The van der Waals surface area contributed by atoms with Crippen LogP contribution in [-0.4, -0.2) is 43.4 Å². The highest BCUT2D eigenvalue weighted by molar-refractivity contribution is 6.31. The molecule has 1 saturated heterocycles. The minimum atomic E-state index is -0.612. The smallest absolute Gasteiger partial charge is 0.150 e. The van der Waals surface area contributed by atoms with E-state index >= 15 is 0 Å². The number of hydrogen-bond donors (Lipinski definition) is 1. The molecule has 0 radical (unpaired) electrons. The van der Waals surface area contributed by atoms with E-state index in [1.54, 1.807) is 6.07 Å². The van der Waals surface area contributed by atoms with E-state index < -0.39 is 30.5 Å². The molecular weight excluding hydrogens is 697 g/mol. The van der Waals surface area contributed by atoms with Crippen LogP contribution in [0.3, 0.4) is 0 Å². The molecule has 1 aliphatic heterocycles. The van der Waals surface area contributed by atoms with Crippen molar-refractivity contribution in [2.24, 2.45) is 5.73 Å². The van der Waals surface area contributed by atoms with Gasteiger partial charge in [-0.25, -0.2) is 0 Å². The van der Waals surface area contributed by atoms with Gasteiger partial charge in [-0.2, -0.15) is 0 Å². The predicted octanol–water partition coefficient (Wildman–Crippen LogP) is 8.25. The van der Waals surface area contributed by atoms with Crippen molar-refractivity contribution in [3.63, 3.8) is 0 Å². The Hall–Kier alpha value is -3.89. The van der Waals surface area contributed by atoms with Crippen LogP contribution < -0.4 is 5.73 Å². The summed E-state index contributed by atoms with van der Waals surface area (Å²) in [6.45, 7) is 1.59. The van der Waals surface area contributed by atoms with Crippen molar-refractivity contribution < 1.29 is 28.5 Å². The summed E-state index contributed by atoms with van der Waals surface area (Å²) in [6.07, 6.45) is -2.78. The molecule has 6 rings (SSSR count). The summed E-state index contributed by atoms with van der Waals surface area (Å²) in [7, 11) is 0. The van der Waals surface area contributed by atoms with E-state index in [9.17, 15) is 4.79 Å². The van der Waals surface area contributed by atoms with Gasteiger partial charge in [0.25, 0.3) is 0 Å². The monoisotopic (exact) mass is 741 g/mol. The molecular formula is C43H45Cl2NO6. The lowest BCUT2D eigenvalue weighted by Gasteiger charge is -2.46. The lowest BCUT2D eigenvalue weighted by atomic mass is 9.89. The van der Waals surface area contributed by atoms with Crippen molar-refractivity contribution in [3.05, 3.63) is 178 Å². The minimum absolute atomic E-state index is 0.